The average Bonchev–Trinajstić information content (AvgIpc) is 3.01. The van der Waals surface area contributed by atoms with E-state index in [0.717, 1.165) is 41.0 Å². The number of hydrogen-bond acceptors (Lipinski definition) is 7. The highest BCUT2D eigenvalue weighted by atomic mass is 32.1. The first kappa shape index (κ1) is 19.1. The van der Waals surface area contributed by atoms with Gasteiger partial charge < -0.3 is 4.90 Å². The van der Waals surface area contributed by atoms with Gasteiger partial charge in [0, 0.05) is 43.5 Å². The number of aromatic nitrogens is 3. The van der Waals surface area contributed by atoms with E-state index in [4.69, 9.17) is 0 Å². The van der Waals surface area contributed by atoms with Gasteiger partial charge in [-0.25, -0.2) is 15.0 Å². The molecule has 0 fully saturated rings. The van der Waals surface area contributed by atoms with Crippen molar-refractivity contribution in [3.63, 3.8) is 0 Å². The smallest absolute Gasteiger partial charge is 0.225 e. The molecule has 0 aliphatic rings. The number of rotatable bonds is 7. The van der Waals surface area contributed by atoms with Crippen LogP contribution in [0.4, 0.5) is 5.95 Å². The Labute approximate surface area is 164 Å². The summed E-state index contributed by atoms with van der Waals surface area (Å²) in [7, 11) is 2.02. The van der Waals surface area contributed by atoms with Crippen LogP contribution < -0.4 is 4.90 Å². The van der Waals surface area contributed by atoms with Crippen molar-refractivity contribution in [1.29, 1.82) is 0 Å². The third kappa shape index (κ3) is 4.34. The van der Waals surface area contributed by atoms with E-state index < -0.39 is 0 Å². The highest BCUT2D eigenvalue weighted by Gasteiger charge is 2.16. The maximum absolute atomic E-state index is 4.63. The van der Waals surface area contributed by atoms with Gasteiger partial charge in [0.05, 0.1) is 15.2 Å². The quantitative estimate of drug-likeness (QED) is 0.616. The molecule has 2 heterocycles. The van der Waals surface area contributed by atoms with Crippen molar-refractivity contribution in [2.45, 2.75) is 31.7 Å². The van der Waals surface area contributed by atoms with Crippen LogP contribution in [0.15, 0.2) is 35.5 Å². The number of likely N-dealkylation sites (N-methyl/N-ethyl adjacent to an activating group) is 2. The lowest BCUT2D eigenvalue weighted by Crippen LogP contribution is -2.35. The Balaban J connectivity index is 1.67. The normalized spacial score (nSPS) is 12.7. The molecular formula is C19H25N5S2. The lowest BCUT2D eigenvalue weighted by molar-refractivity contribution is 0.227. The summed E-state index contributed by atoms with van der Waals surface area (Å²) in [6, 6.07) is 6.98. The monoisotopic (exact) mass is 387 g/mol. The Kier molecular flexibility index (Phi) is 6.11. The summed E-state index contributed by atoms with van der Waals surface area (Å²) in [6.45, 7) is 9.31. The van der Waals surface area contributed by atoms with Gasteiger partial charge in [-0.3, -0.25) is 4.90 Å². The first-order valence-corrected chi connectivity index (χ1v) is 10.1. The summed E-state index contributed by atoms with van der Waals surface area (Å²) in [5, 5.41) is 1.12. The van der Waals surface area contributed by atoms with E-state index in [1.54, 1.807) is 23.7 Å². The zero-order chi connectivity index (χ0) is 18.7. The highest BCUT2D eigenvalue weighted by molar-refractivity contribution is 7.80. The van der Waals surface area contributed by atoms with E-state index in [9.17, 15) is 0 Å². The number of thiazole rings is 1. The SMILES string of the molecule is CCN(CCN(C)c1ncc(S)cn1)C(C)c1ccc2sc(C)nc2c1. The lowest BCUT2D eigenvalue weighted by atomic mass is 10.1. The number of thiol groups is 1. The second-order valence-electron chi connectivity index (χ2n) is 6.43. The summed E-state index contributed by atoms with van der Waals surface area (Å²) in [4.78, 5) is 18.6. The number of fused-ring (bicyclic) bond motifs is 1. The molecule has 3 aromatic rings. The molecule has 0 aliphatic heterocycles. The third-order valence-corrected chi connectivity index (χ3v) is 5.83. The van der Waals surface area contributed by atoms with Crippen molar-refractivity contribution in [3.05, 3.63) is 41.2 Å². The number of hydrogen-bond donors (Lipinski definition) is 1. The van der Waals surface area contributed by atoms with Gasteiger partial charge in [-0.05, 0) is 38.1 Å². The third-order valence-electron chi connectivity index (χ3n) is 4.64. The van der Waals surface area contributed by atoms with E-state index in [2.05, 4.69) is 76.4 Å². The minimum absolute atomic E-state index is 0.334. The van der Waals surface area contributed by atoms with Crippen LogP contribution >= 0.6 is 24.0 Å². The van der Waals surface area contributed by atoms with Gasteiger partial charge in [-0.1, -0.05) is 13.0 Å². The van der Waals surface area contributed by atoms with E-state index >= 15 is 0 Å². The highest BCUT2D eigenvalue weighted by Crippen LogP contribution is 2.27. The van der Waals surface area contributed by atoms with Crippen LogP contribution in [0, 0.1) is 6.92 Å². The lowest BCUT2D eigenvalue weighted by Gasteiger charge is -2.30. The zero-order valence-corrected chi connectivity index (χ0v) is 17.4. The van der Waals surface area contributed by atoms with Crippen molar-refractivity contribution >= 4 is 40.1 Å². The van der Waals surface area contributed by atoms with Crippen molar-refractivity contribution in [1.82, 2.24) is 19.9 Å². The fourth-order valence-corrected chi connectivity index (χ4v) is 3.97. The van der Waals surface area contributed by atoms with Gasteiger partial charge in [0.15, 0.2) is 0 Å². The Bertz CT molecular complexity index is 862. The summed E-state index contributed by atoms with van der Waals surface area (Å²) in [6.07, 6.45) is 3.46. The van der Waals surface area contributed by atoms with Gasteiger partial charge in [-0.15, -0.1) is 24.0 Å². The van der Waals surface area contributed by atoms with Crippen LogP contribution in [-0.4, -0.2) is 46.5 Å². The molecule has 0 aliphatic carbocycles. The molecule has 0 saturated heterocycles. The molecule has 5 nitrogen and oxygen atoms in total. The fraction of sp³-hybridized carbons (Fsp3) is 0.421. The first-order valence-electron chi connectivity index (χ1n) is 8.81. The van der Waals surface area contributed by atoms with Crippen LogP contribution in [-0.2, 0) is 0 Å². The zero-order valence-electron chi connectivity index (χ0n) is 15.7. The molecular weight excluding hydrogens is 362 g/mol. The summed E-state index contributed by atoms with van der Waals surface area (Å²) in [5.74, 6) is 0.728. The topological polar surface area (TPSA) is 45.2 Å². The number of aryl methyl sites for hydroxylation is 1. The standard InChI is InChI=1S/C19H25N5S2/c1-5-24(9-8-23(4)19-20-11-16(25)12-21-19)13(2)15-6-7-18-17(10-15)22-14(3)26-18/h6-7,10-13,25H,5,8-9H2,1-4H3. The second kappa shape index (κ2) is 8.33. The van der Waals surface area contributed by atoms with Crippen LogP contribution in [0.25, 0.3) is 10.2 Å². The molecule has 0 amide bonds. The Hall–Kier alpha value is -1.70. The fourth-order valence-electron chi connectivity index (χ4n) is 3.05. The van der Waals surface area contributed by atoms with Crippen LogP contribution in [0.1, 0.15) is 30.5 Å². The number of anilines is 1. The molecule has 26 heavy (non-hydrogen) atoms. The number of nitrogens with zero attached hydrogens (tertiary/aromatic N) is 5. The minimum Gasteiger partial charge on any atom is -0.343 e. The van der Waals surface area contributed by atoms with Gasteiger partial charge in [0.1, 0.15) is 0 Å². The van der Waals surface area contributed by atoms with Crippen molar-refractivity contribution < 1.29 is 0 Å². The maximum atomic E-state index is 4.63. The van der Waals surface area contributed by atoms with Crippen molar-refractivity contribution in [2.24, 2.45) is 0 Å². The van der Waals surface area contributed by atoms with E-state index in [1.807, 2.05) is 7.05 Å². The second-order valence-corrected chi connectivity index (χ2v) is 8.18. The molecule has 2 aromatic heterocycles. The van der Waals surface area contributed by atoms with Gasteiger partial charge in [0.25, 0.3) is 0 Å². The molecule has 1 aromatic carbocycles. The van der Waals surface area contributed by atoms with Crippen LogP contribution in [0.2, 0.25) is 0 Å². The predicted molar refractivity (Wildman–Crippen MR) is 113 cm³/mol. The summed E-state index contributed by atoms with van der Waals surface area (Å²) in [5.41, 5.74) is 2.41. The van der Waals surface area contributed by atoms with E-state index in [1.165, 1.54) is 10.3 Å². The molecule has 3 rings (SSSR count). The summed E-state index contributed by atoms with van der Waals surface area (Å²) < 4.78 is 1.26. The van der Waals surface area contributed by atoms with Crippen LogP contribution in [0.3, 0.4) is 0 Å². The van der Waals surface area contributed by atoms with Gasteiger partial charge in [-0.2, -0.15) is 0 Å². The van der Waals surface area contributed by atoms with Crippen LogP contribution in [0.5, 0.6) is 0 Å². The predicted octanol–water partition coefficient (Wildman–Crippen LogP) is 4.20. The Morgan fingerprint density at radius 2 is 1.92 bits per heavy atom. The Morgan fingerprint density at radius 3 is 2.62 bits per heavy atom. The molecule has 0 N–H and O–H groups in total. The molecule has 0 bridgehead atoms. The maximum Gasteiger partial charge on any atom is 0.225 e. The molecule has 0 spiro atoms. The van der Waals surface area contributed by atoms with Crippen molar-refractivity contribution in [3.8, 4) is 0 Å². The van der Waals surface area contributed by atoms with E-state index in [0.29, 0.717) is 6.04 Å². The molecule has 0 saturated carbocycles. The largest absolute Gasteiger partial charge is 0.343 e. The summed E-state index contributed by atoms with van der Waals surface area (Å²) >= 11 is 5.99. The molecule has 1 unspecified atom stereocenters. The molecule has 138 valence electrons. The van der Waals surface area contributed by atoms with Gasteiger partial charge >= 0.3 is 0 Å². The first-order chi connectivity index (χ1) is 12.5. The Morgan fingerprint density at radius 1 is 1.19 bits per heavy atom. The van der Waals surface area contributed by atoms with Gasteiger partial charge in [0.2, 0.25) is 5.95 Å². The number of benzene rings is 1. The van der Waals surface area contributed by atoms with Crippen molar-refractivity contribution in [2.75, 3.05) is 31.6 Å². The van der Waals surface area contributed by atoms with E-state index in [-0.39, 0.29) is 0 Å². The average molecular weight is 388 g/mol. The minimum atomic E-state index is 0.334. The molecule has 1 atom stereocenters. The molecule has 0 radical (unpaired) electrons. The molecule has 7 heteroatoms.